The smallest absolute Gasteiger partial charge is 0.243 e. The summed E-state index contributed by atoms with van der Waals surface area (Å²) in [6.07, 6.45) is 3.06. The first kappa shape index (κ1) is 25.7. The Morgan fingerprint density at radius 2 is 1.94 bits per heavy atom. The van der Waals surface area contributed by atoms with Crippen LogP contribution in [0.15, 0.2) is 52.5 Å². The van der Waals surface area contributed by atoms with E-state index in [-0.39, 0.29) is 22.1 Å². The van der Waals surface area contributed by atoms with Crippen molar-refractivity contribution in [2.24, 2.45) is 0 Å². The van der Waals surface area contributed by atoms with E-state index >= 15 is 0 Å². The molecule has 1 heterocycles. The minimum atomic E-state index is -3.57. The van der Waals surface area contributed by atoms with E-state index in [4.69, 9.17) is 4.98 Å². The van der Waals surface area contributed by atoms with Crippen LogP contribution < -0.4 is 5.32 Å². The zero-order valence-corrected chi connectivity index (χ0v) is 22.5. The predicted octanol–water partition coefficient (Wildman–Crippen LogP) is 4.76. The van der Waals surface area contributed by atoms with Gasteiger partial charge in [-0.3, -0.25) is 4.79 Å². The average Bonchev–Trinajstić information content (AvgIpc) is 3.20. The van der Waals surface area contributed by atoms with Gasteiger partial charge in [-0.1, -0.05) is 49.9 Å². The molecule has 9 heteroatoms. The van der Waals surface area contributed by atoms with Crippen LogP contribution >= 0.6 is 11.8 Å². The number of benzene rings is 2. The summed E-state index contributed by atoms with van der Waals surface area (Å²) in [7, 11) is -3.57. The number of aromatic nitrogens is 2. The van der Waals surface area contributed by atoms with Crippen molar-refractivity contribution in [1.29, 1.82) is 0 Å². The second kappa shape index (κ2) is 10.7. The van der Waals surface area contributed by atoms with E-state index in [1.807, 2.05) is 44.4 Å². The van der Waals surface area contributed by atoms with E-state index in [2.05, 4.69) is 23.5 Å². The van der Waals surface area contributed by atoms with Gasteiger partial charge in [-0.25, -0.2) is 13.4 Å². The van der Waals surface area contributed by atoms with Crippen LogP contribution in [0.25, 0.3) is 11.0 Å². The highest BCUT2D eigenvalue weighted by Crippen LogP contribution is 2.32. The lowest BCUT2D eigenvalue weighted by Crippen LogP contribution is -2.36. The van der Waals surface area contributed by atoms with Gasteiger partial charge in [0.15, 0.2) is 5.16 Å². The molecule has 0 spiro atoms. The van der Waals surface area contributed by atoms with Gasteiger partial charge >= 0.3 is 0 Å². The Labute approximate surface area is 212 Å². The van der Waals surface area contributed by atoms with Gasteiger partial charge in [0.25, 0.3) is 0 Å². The number of imidazole rings is 1. The number of nitrogens with zero attached hydrogens (tertiary/aromatic N) is 3. The number of hydrogen-bond donors (Lipinski definition) is 1. The number of aryl methyl sites for hydroxylation is 2. The van der Waals surface area contributed by atoms with Gasteiger partial charge in [-0.15, -0.1) is 0 Å². The fraction of sp³-hybridized carbons (Fsp3) is 0.462. The van der Waals surface area contributed by atoms with Crippen LogP contribution in [0.4, 0.5) is 0 Å². The standard InChI is InChI=1S/C26H34N4O3S2/c1-5-29(6-2)35(32,33)20-15-16-24-23(17-20)28-26(30(24)7-3)34-18(4)25(31)27-22-14-10-12-19-11-8-9-13-21(19)22/h8-9,11,13,15-18,22H,5-7,10,12,14H2,1-4H3,(H,27,31). The Hall–Kier alpha value is -2.36. The summed E-state index contributed by atoms with van der Waals surface area (Å²) in [4.78, 5) is 18.1. The van der Waals surface area contributed by atoms with Crippen molar-refractivity contribution >= 4 is 38.7 Å². The molecular formula is C26H34N4O3S2. The molecule has 1 aliphatic rings. The molecule has 2 atom stereocenters. The quantitative estimate of drug-likeness (QED) is 0.416. The fourth-order valence-electron chi connectivity index (χ4n) is 4.76. The van der Waals surface area contributed by atoms with E-state index < -0.39 is 10.0 Å². The molecule has 7 nitrogen and oxygen atoms in total. The number of carbonyl (C=O) groups excluding carboxylic acids is 1. The highest BCUT2D eigenvalue weighted by molar-refractivity contribution is 8.00. The summed E-state index contributed by atoms with van der Waals surface area (Å²) in [6.45, 7) is 9.08. The van der Waals surface area contributed by atoms with Crippen molar-refractivity contribution < 1.29 is 13.2 Å². The summed E-state index contributed by atoms with van der Waals surface area (Å²) in [5, 5.41) is 3.61. The third-order valence-electron chi connectivity index (χ3n) is 6.68. The second-order valence-corrected chi connectivity index (χ2v) is 12.0. The highest BCUT2D eigenvalue weighted by atomic mass is 32.2. The molecule has 188 valence electrons. The van der Waals surface area contributed by atoms with Gasteiger partial charge in [0.05, 0.1) is 27.2 Å². The minimum absolute atomic E-state index is 0.0174. The molecule has 0 saturated carbocycles. The molecule has 35 heavy (non-hydrogen) atoms. The molecular weight excluding hydrogens is 480 g/mol. The number of hydrogen-bond acceptors (Lipinski definition) is 5. The van der Waals surface area contributed by atoms with Gasteiger partial charge in [0.1, 0.15) is 0 Å². The van der Waals surface area contributed by atoms with Crippen molar-refractivity contribution in [2.75, 3.05) is 13.1 Å². The molecule has 1 aromatic heterocycles. The zero-order valence-electron chi connectivity index (χ0n) is 20.8. The van der Waals surface area contributed by atoms with E-state index in [0.29, 0.717) is 30.3 Å². The minimum Gasteiger partial charge on any atom is -0.348 e. The number of fused-ring (bicyclic) bond motifs is 2. The molecule has 0 fully saturated rings. The first-order valence-corrected chi connectivity index (χ1v) is 14.7. The van der Waals surface area contributed by atoms with Crippen LogP contribution in [0.3, 0.4) is 0 Å². The highest BCUT2D eigenvalue weighted by Gasteiger charge is 2.26. The van der Waals surface area contributed by atoms with Crippen LogP contribution in [0.2, 0.25) is 0 Å². The van der Waals surface area contributed by atoms with Gasteiger partial charge < -0.3 is 9.88 Å². The van der Waals surface area contributed by atoms with Crippen LogP contribution in [-0.4, -0.2) is 46.5 Å². The van der Waals surface area contributed by atoms with Crippen LogP contribution in [0.1, 0.15) is 57.7 Å². The maximum atomic E-state index is 13.1. The molecule has 1 amide bonds. The molecule has 4 rings (SSSR count). The van der Waals surface area contributed by atoms with Crippen LogP contribution in [0.5, 0.6) is 0 Å². The first-order chi connectivity index (χ1) is 16.8. The zero-order chi connectivity index (χ0) is 25.2. The molecule has 0 saturated heterocycles. The van der Waals surface area contributed by atoms with E-state index in [1.54, 1.807) is 12.1 Å². The van der Waals surface area contributed by atoms with E-state index in [9.17, 15) is 13.2 Å². The van der Waals surface area contributed by atoms with Gasteiger partial charge in [0, 0.05) is 19.6 Å². The Balaban J connectivity index is 1.55. The van der Waals surface area contributed by atoms with E-state index in [1.165, 1.54) is 27.2 Å². The number of thioether (sulfide) groups is 1. The Morgan fingerprint density at radius 3 is 2.66 bits per heavy atom. The number of nitrogens with one attached hydrogen (secondary N) is 1. The maximum absolute atomic E-state index is 13.1. The summed E-state index contributed by atoms with van der Waals surface area (Å²) in [5.74, 6) is -0.0174. The van der Waals surface area contributed by atoms with E-state index in [0.717, 1.165) is 24.8 Å². The topological polar surface area (TPSA) is 84.3 Å². The van der Waals surface area contributed by atoms with Crippen LogP contribution in [0, 0.1) is 0 Å². The third-order valence-corrected chi connectivity index (χ3v) is 9.82. The van der Waals surface area contributed by atoms with Crippen molar-refractivity contribution in [1.82, 2.24) is 19.2 Å². The molecule has 3 aromatic rings. The summed E-state index contributed by atoms with van der Waals surface area (Å²) < 4.78 is 29.4. The van der Waals surface area contributed by atoms with Gasteiger partial charge in [-0.05, 0) is 62.4 Å². The molecule has 1 N–H and O–H groups in total. The molecule has 1 aliphatic carbocycles. The van der Waals surface area contributed by atoms with Crippen molar-refractivity contribution in [3.8, 4) is 0 Å². The monoisotopic (exact) mass is 514 g/mol. The predicted molar refractivity (Wildman–Crippen MR) is 141 cm³/mol. The second-order valence-electron chi connectivity index (χ2n) is 8.79. The summed E-state index contributed by atoms with van der Waals surface area (Å²) in [6, 6.07) is 13.5. The van der Waals surface area contributed by atoms with Crippen molar-refractivity contribution in [3.05, 3.63) is 53.6 Å². The average molecular weight is 515 g/mol. The Kier molecular flexibility index (Phi) is 7.88. The fourth-order valence-corrected chi connectivity index (χ4v) is 7.24. The van der Waals surface area contributed by atoms with Crippen molar-refractivity contribution in [3.63, 3.8) is 0 Å². The summed E-state index contributed by atoms with van der Waals surface area (Å²) in [5.41, 5.74) is 4.01. The Morgan fingerprint density at radius 1 is 1.20 bits per heavy atom. The largest absolute Gasteiger partial charge is 0.348 e. The summed E-state index contributed by atoms with van der Waals surface area (Å²) >= 11 is 1.41. The third kappa shape index (κ3) is 5.13. The number of amides is 1. The lowest BCUT2D eigenvalue weighted by molar-refractivity contribution is -0.121. The molecule has 0 aliphatic heterocycles. The lowest BCUT2D eigenvalue weighted by Gasteiger charge is -2.27. The Bertz CT molecular complexity index is 1320. The number of rotatable bonds is 9. The van der Waals surface area contributed by atoms with Gasteiger partial charge in [0.2, 0.25) is 15.9 Å². The maximum Gasteiger partial charge on any atom is 0.243 e. The number of carbonyl (C=O) groups is 1. The number of sulfonamides is 1. The normalized spacial score (nSPS) is 16.9. The molecule has 2 unspecified atom stereocenters. The lowest BCUT2D eigenvalue weighted by atomic mass is 9.88. The van der Waals surface area contributed by atoms with Gasteiger partial charge in [-0.2, -0.15) is 4.31 Å². The SMILES string of the molecule is CCN(CC)S(=O)(=O)c1ccc2c(c1)nc(SC(C)C(=O)NC1CCCc3ccccc31)n2CC. The van der Waals surface area contributed by atoms with Crippen LogP contribution in [-0.2, 0) is 27.8 Å². The molecule has 2 aromatic carbocycles. The molecule has 0 radical (unpaired) electrons. The first-order valence-electron chi connectivity index (χ1n) is 12.3. The van der Waals surface area contributed by atoms with Crippen molar-refractivity contribution in [2.45, 2.75) is 74.8 Å². The molecule has 0 bridgehead atoms.